The fourth-order valence-corrected chi connectivity index (χ4v) is 1.55. The number of carbonyl (C=O) groups is 1. The van der Waals surface area contributed by atoms with Crippen LogP contribution in [0.2, 0.25) is 0 Å². The summed E-state index contributed by atoms with van der Waals surface area (Å²) in [6, 6.07) is 1.26. The van der Waals surface area contributed by atoms with Gasteiger partial charge in [-0.3, -0.25) is 0 Å². The summed E-state index contributed by atoms with van der Waals surface area (Å²) in [6.07, 6.45) is 0. The molecule has 1 aromatic carbocycles. The molecular formula is C9H7BrF2O2. The van der Waals surface area contributed by atoms with Crippen molar-refractivity contribution >= 4 is 21.9 Å². The lowest BCUT2D eigenvalue weighted by Crippen LogP contribution is -2.09. The Kier molecular flexibility index (Phi) is 3.21. The first-order chi connectivity index (χ1) is 6.49. The highest BCUT2D eigenvalue weighted by Crippen LogP contribution is 2.25. The maximum absolute atomic E-state index is 13.3. The van der Waals surface area contributed by atoms with Crippen molar-refractivity contribution in [3.05, 3.63) is 33.3 Å². The van der Waals surface area contributed by atoms with Crippen molar-refractivity contribution in [1.29, 1.82) is 0 Å². The molecule has 0 fully saturated rings. The fourth-order valence-electron chi connectivity index (χ4n) is 1.01. The summed E-state index contributed by atoms with van der Waals surface area (Å²) in [7, 11) is 1.07. The molecule has 0 aliphatic heterocycles. The van der Waals surface area contributed by atoms with Crippen LogP contribution >= 0.6 is 15.9 Å². The standard InChI is InChI=1S/C9H7BrF2O2/c1-4-3-5(10)8(12)6(7(4)11)9(13)14-2/h3H,1-2H3. The summed E-state index contributed by atoms with van der Waals surface area (Å²) < 4.78 is 30.9. The molecule has 2 nitrogen and oxygen atoms in total. The van der Waals surface area contributed by atoms with Gasteiger partial charge in [-0.1, -0.05) is 0 Å². The molecule has 0 radical (unpaired) electrons. The second-order valence-electron chi connectivity index (χ2n) is 2.67. The number of esters is 1. The Morgan fingerprint density at radius 1 is 1.43 bits per heavy atom. The van der Waals surface area contributed by atoms with Crippen molar-refractivity contribution in [1.82, 2.24) is 0 Å². The van der Waals surface area contributed by atoms with Crippen LogP contribution in [-0.2, 0) is 4.74 Å². The molecule has 0 saturated heterocycles. The predicted molar refractivity (Wildman–Crippen MR) is 50.1 cm³/mol. The van der Waals surface area contributed by atoms with Gasteiger partial charge in [-0.25, -0.2) is 13.6 Å². The predicted octanol–water partition coefficient (Wildman–Crippen LogP) is 2.82. The number of hydrogen-bond acceptors (Lipinski definition) is 2. The Bertz CT molecular complexity index is 365. The van der Waals surface area contributed by atoms with E-state index in [4.69, 9.17) is 0 Å². The zero-order valence-corrected chi connectivity index (χ0v) is 9.11. The third kappa shape index (κ3) is 1.77. The first kappa shape index (κ1) is 11.1. The van der Waals surface area contributed by atoms with Crippen molar-refractivity contribution in [2.45, 2.75) is 6.92 Å². The molecule has 0 bridgehead atoms. The Balaban J connectivity index is 3.47. The smallest absolute Gasteiger partial charge is 0.343 e. The molecule has 0 saturated carbocycles. The number of aryl methyl sites for hydroxylation is 1. The molecule has 0 amide bonds. The van der Waals surface area contributed by atoms with Crippen molar-refractivity contribution in [3.63, 3.8) is 0 Å². The number of benzene rings is 1. The zero-order valence-electron chi connectivity index (χ0n) is 7.53. The minimum Gasteiger partial charge on any atom is -0.465 e. The quantitative estimate of drug-likeness (QED) is 0.576. The monoisotopic (exact) mass is 264 g/mol. The van der Waals surface area contributed by atoms with E-state index in [1.807, 2.05) is 0 Å². The SMILES string of the molecule is COC(=O)c1c(F)c(C)cc(Br)c1F. The van der Waals surface area contributed by atoms with Crippen molar-refractivity contribution in [2.24, 2.45) is 0 Å². The summed E-state index contributed by atoms with van der Waals surface area (Å²) in [4.78, 5) is 11.0. The van der Waals surface area contributed by atoms with Gasteiger partial charge in [0, 0.05) is 0 Å². The molecule has 1 rings (SSSR count). The molecule has 76 valence electrons. The number of methoxy groups -OCH3 is 1. The van der Waals surface area contributed by atoms with Crippen LogP contribution < -0.4 is 0 Å². The van der Waals surface area contributed by atoms with Gasteiger partial charge < -0.3 is 4.74 Å². The number of rotatable bonds is 1. The lowest BCUT2D eigenvalue weighted by atomic mass is 10.1. The third-order valence-corrected chi connectivity index (χ3v) is 2.30. The van der Waals surface area contributed by atoms with Gasteiger partial charge in [-0.15, -0.1) is 0 Å². The summed E-state index contributed by atoms with van der Waals surface area (Å²) in [5.74, 6) is -2.86. The highest BCUT2D eigenvalue weighted by Gasteiger charge is 2.22. The van der Waals surface area contributed by atoms with E-state index in [1.165, 1.54) is 13.0 Å². The van der Waals surface area contributed by atoms with Crippen molar-refractivity contribution in [2.75, 3.05) is 7.11 Å². The molecule has 14 heavy (non-hydrogen) atoms. The molecule has 0 spiro atoms. The molecule has 0 heterocycles. The second kappa shape index (κ2) is 4.04. The van der Waals surface area contributed by atoms with Gasteiger partial charge in [0.2, 0.25) is 0 Å². The average Bonchev–Trinajstić information content (AvgIpc) is 2.15. The topological polar surface area (TPSA) is 26.3 Å². The zero-order chi connectivity index (χ0) is 10.9. The Morgan fingerprint density at radius 2 is 2.00 bits per heavy atom. The van der Waals surface area contributed by atoms with E-state index in [0.29, 0.717) is 0 Å². The van der Waals surface area contributed by atoms with Gasteiger partial charge in [0.05, 0.1) is 11.6 Å². The van der Waals surface area contributed by atoms with E-state index in [2.05, 4.69) is 20.7 Å². The lowest BCUT2D eigenvalue weighted by molar-refractivity contribution is 0.0589. The van der Waals surface area contributed by atoms with Crippen LogP contribution in [0.1, 0.15) is 15.9 Å². The van der Waals surface area contributed by atoms with Crippen LogP contribution in [-0.4, -0.2) is 13.1 Å². The van der Waals surface area contributed by atoms with Crippen molar-refractivity contribution < 1.29 is 18.3 Å². The molecule has 0 aromatic heterocycles. The summed E-state index contributed by atoms with van der Waals surface area (Å²) in [5, 5.41) is 0. The van der Waals surface area contributed by atoms with E-state index in [0.717, 1.165) is 7.11 Å². The molecule has 0 atom stereocenters. The minimum atomic E-state index is -1.02. The second-order valence-corrected chi connectivity index (χ2v) is 3.52. The van der Waals surface area contributed by atoms with E-state index < -0.39 is 23.2 Å². The van der Waals surface area contributed by atoms with E-state index in [1.54, 1.807) is 0 Å². The molecule has 1 aromatic rings. The van der Waals surface area contributed by atoms with Crippen LogP contribution in [0.25, 0.3) is 0 Å². The lowest BCUT2D eigenvalue weighted by Gasteiger charge is -2.06. The van der Waals surface area contributed by atoms with E-state index in [9.17, 15) is 13.6 Å². The maximum atomic E-state index is 13.3. The van der Waals surface area contributed by atoms with Crippen LogP contribution in [0.15, 0.2) is 10.5 Å². The Labute approximate surface area is 88.0 Å². The normalized spacial score (nSPS) is 10.1. The van der Waals surface area contributed by atoms with Crippen LogP contribution in [0.5, 0.6) is 0 Å². The number of halogens is 3. The fraction of sp³-hybridized carbons (Fsp3) is 0.222. The molecule has 0 unspecified atom stereocenters. The highest BCUT2D eigenvalue weighted by molar-refractivity contribution is 9.10. The van der Waals surface area contributed by atoms with Crippen molar-refractivity contribution in [3.8, 4) is 0 Å². The molecule has 0 aliphatic carbocycles. The first-order valence-electron chi connectivity index (χ1n) is 3.71. The Morgan fingerprint density at radius 3 is 2.50 bits per heavy atom. The minimum absolute atomic E-state index is 0.0387. The third-order valence-electron chi connectivity index (χ3n) is 1.73. The van der Waals surface area contributed by atoms with Gasteiger partial charge in [0.25, 0.3) is 0 Å². The number of carbonyl (C=O) groups excluding carboxylic acids is 1. The maximum Gasteiger partial charge on any atom is 0.343 e. The average molecular weight is 265 g/mol. The molecule has 5 heteroatoms. The largest absolute Gasteiger partial charge is 0.465 e. The van der Waals surface area contributed by atoms with Crippen LogP contribution in [0.4, 0.5) is 8.78 Å². The van der Waals surface area contributed by atoms with E-state index >= 15 is 0 Å². The molecule has 0 aliphatic rings. The van der Waals surface area contributed by atoms with Gasteiger partial charge in [0.1, 0.15) is 11.4 Å². The summed E-state index contributed by atoms with van der Waals surface area (Å²) in [6.45, 7) is 1.44. The van der Waals surface area contributed by atoms with Gasteiger partial charge in [-0.05, 0) is 34.5 Å². The molecular weight excluding hydrogens is 258 g/mol. The number of hydrogen-bond donors (Lipinski definition) is 0. The van der Waals surface area contributed by atoms with Gasteiger partial charge >= 0.3 is 5.97 Å². The van der Waals surface area contributed by atoms with E-state index in [-0.39, 0.29) is 10.0 Å². The highest BCUT2D eigenvalue weighted by atomic mass is 79.9. The summed E-state index contributed by atoms with van der Waals surface area (Å²) in [5.41, 5.74) is -0.488. The van der Waals surface area contributed by atoms with Crippen LogP contribution in [0.3, 0.4) is 0 Å². The van der Waals surface area contributed by atoms with Gasteiger partial charge in [0.15, 0.2) is 5.82 Å². The number of ether oxygens (including phenoxy) is 1. The molecule has 0 N–H and O–H groups in total. The van der Waals surface area contributed by atoms with Crippen LogP contribution in [0, 0.1) is 18.6 Å². The summed E-state index contributed by atoms with van der Waals surface area (Å²) >= 11 is 2.88. The van der Waals surface area contributed by atoms with Gasteiger partial charge in [-0.2, -0.15) is 0 Å². The first-order valence-corrected chi connectivity index (χ1v) is 4.50. The Hall–Kier alpha value is -0.970.